The zero-order chi connectivity index (χ0) is 60.4. The molecule has 2 fully saturated rings. The van der Waals surface area contributed by atoms with Gasteiger partial charge >= 0.3 is 12.1 Å². The lowest BCUT2D eigenvalue weighted by Gasteiger charge is -2.28. The van der Waals surface area contributed by atoms with Crippen molar-refractivity contribution >= 4 is 102 Å². The Morgan fingerprint density at radius 2 is 0.964 bits per heavy atom. The number of benzene rings is 3. The van der Waals surface area contributed by atoms with Crippen LogP contribution in [-0.2, 0) is 10.0 Å². The summed E-state index contributed by atoms with van der Waals surface area (Å²) in [5.41, 5.74) is 8.13. The van der Waals surface area contributed by atoms with Crippen molar-refractivity contribution < 1.29 is 22.7 Å². The molecule has 0 aromatic heterocycles. The lowest BCUT2D eigenvalue weighted by Crippen LogP contribution is -2.39. The van der Waals surface area contributed by atoms with Crippen LogP contribution in [0.25, 0.3) is 0 Å². The van der Waals surface area contributed by atoms with Crippen LogP contribution < -0.4 is 38.5 Å². The molecule has 3 aromatic rings. The summed E-state index contributed by atoms with van der Waals surface area (Å²) in [7, 11) is -3.25. The van der Waals surface area contributed by atoms with Crippen LogP contribution in [-0.4, -0.2) is 124 Å². The van der Waals surface area contributed by atoms with Gasteiger partial charge in [-0.25, -0.2) is 31.3 Å². The van der Waals surface area contributed by atoms with E-state index in [-0.39, 0.29) is 12.1 Å². The minimum absolute atomic E-state index is 0.0683. The minimum Gasteiger partial charge on any atom is -0.493 e. The van der Waals surface area contributed by atoms with Crippen molar-refractivity contribution in [2.45, 2.75) is 190 Å². The summed E-state index contributed by atoms with van der Waals surface area (Å²) in [5.74, 6) is 0.860. The third-order valence-electron chi connectivity index (χ3n) is 15.3. The van der Waals surface area contributed by atoms with Crippen molar-refractivity contribution in [2.75, 3.05) is 103 Å². The van der Waals surface area contributed by atoms with Gasteiger partial charge in [0.15, 0.2) is 8.64 Å². The topological polar surface area (TPSA) is 133 Å². The number of amides is 4. The van der Waals surface area contributed by atoms with Crippen LogP contribution in [0.15, 0.2) is 54.6 Å². The van der Waals surface area contributed by atoms with Gasteiger partial charge in [-0.05, 0) is 146 Å². The zero-order valence-corrected chi connectivity index (χ0v) is 56.4. The van der Waals surface area contributed by atoms with Gasteiger partial charge in [-0.1, -0.05) is 145 Å². The van der Waals surface area contributed by atoms with Crippen LogP contribution in [0.1, 0.15) is 185 Å². The van der Waals surface area contributed by atoms with Crippen LogP contribution in [0.4, 0.5) is 32.3 Å². The number of aryl methyl sites for hydroxylation is 4. The number of nitrogens with zero attached hydrogens (tertiary/aromatic N) is 6. The fourth-order valence-corrected chi connectivity index (χ4v) is 13.5. The number of ether oxygens (including phenoxy) is 1. The number of sulfonamides is 1. The summed E-state index contributed by atoms with van der Waals surface area (Å²) >= 11 is 14.2. The second-order valence-electron chi connectivity index (χ2n) is 22.3. The molecule has 0 unspecified atom stereocenters. The first kappa shape index (κ1) is 71.5. The Hall–Kier alpha value is -4.01. The van der Waals surface area contributed by atoms with Crippen LogP contribution in [0.2, 0.25) is 0 Å². The fraction of sp³-hybridized carbons (Fsp3) is 0.656. The van der Waals surface area contributed by atoms with E-state index in [1.165, 1.54) is 144 Å². The molecule has 2 aliphatic heterocycles. The Morgan fingerprint density at radius 3 is 1.37 bits per heavy atom. The molecule has 5 rings (SSSR count). The largest absolute Gasteiger partial charge is 0.493 e. The molecule has 0 atom stereocenters. The molecule has 0 radical (unpaired) electrons. The second kappa shape index (κ2) is 40.4. The Labute approximate surface area is 522 Å². The van der Waals surface area contributed by atoms with E-state index >= 15 is 0 Å². The molecule has 19 heteroatoms. The van der Waals surface area contributed by atoms with E-state index in [9.17, 15) is 18.0 Å². The van der Waals surface area contributed by atoms with Gasteiger partial charge < -0.3 is 35.0 Å². The van der Waals surface area contributed by atoms with Crippen LogP contribution in [0, 0.1) is 27.7 Å². The highest BCUT2D eigenvalue weighted by molar-refractivity contribution is 8.24. The van der Waals surface area contributed by atoms with E-state index in [1.807, 2.05) is 51.1 Å². The summed E-state index contributed by atoms with van der Waals surface area (Å²) in [5, 5.41) is 6.23. The molecule has 3 N–H and O–H groups in total. The fourth-order valence-electron chi connectivity index (χ4n) is 10.4. The standard InChI is InChI=1S/C35H62N4OS2.C29H43N5O4S3/c1-5-8-9-10-11-12-13-14-15-16-17-18-19-20-21-22-27-36-34(40)39(42-35(41)38-28-23-24-29-38)33-26-25-32(30-31(33)4)37(6-2)7-3;1-6-32(18-15-31-41(5,36)37)25-11-12-26(23(3)21-25)34(40-29(39)33-16-7-8-17-33)28(35)30-14-9-19-38-27-13-10-22(2)20-24(27)4/h25-26,30H,5-24,27-29H2,1-4H3,(H,36,40);10-13,20-21,31H,6-9,14-19H2,1-5H3,(H,30,35). The quantitative estimate of drug-likeness (QED) is 0.0304. The normalized spacial score (nSPS) is 13.1. The monoisotopic (exact) mass is 1240 g/mol. The van der Waals surface area contributed by atoms with Gasteiger partial charge in [-0.3, -0.25) is 0 Å². The number of hydrogen-bond acceptors (Lipinski definition) is 11. The minimum atomic E-state index is -3.25. The smallest absolute Gasteiger partial charge is 0.332 e. The van der Waals surface area contributed by atoms with Crippen LogP contribution in [0.3, 0.4) is 0 Å². The summed E-state index contributed by atoms with van der Waals surface area (Å²) in [6.45, 7) is 25.8. The molecule has 0 aliphatic carbocycles. The number of unbranched alkanes of at least 4 members (excludes halogenated alkanes) is 15. The Balaban J connectivity index is 0.000000356. The number of hydrogen-bond donors (Lipinski definition) is 3. The molecule has 3 aromatic carbocycles. The molecular weight excluding hydrogens is 1140 g/mol. The number of rotatable bonds is 33. The number of urea groups is 2. The maximum absolute atomic E-state index is 13.5. The van der Waals surface area contributed by atoms with E-state index in [0.717, 1.165) is 109 Å². The van der Waals surface area contributed by atoms with Crippen molar-refractivity contribution in [3.8, 4) is 5.75 Å². The zero-order valence-electron chi connectivity index (χ0n) is 52.3. The number of nitrogens with one attached hydrogen (secondary N) is 3. The van der Waals surface area contributed by atoms with Gasteiger partial charge in [-0.2, -0.15) is 0 Å². The molecule has 0 bridgehead atoms. The lowest BCUT2D eigenvalue weighted by atomic mass is 10.0. The van der Waals surface area contributed by atoms with Gasteiger partial charge in [0.1, 0.15) is 5.75 Å². The molecule has 4 amide bonds. The Bertz CT molecular complexity index is 2510. The van der Waals surface area contributed by atoms with Crippen LogP contribution >= 0.6 is 48.3 Å². The number of likely N-dealkylation sites (tertiary alicyclic amines) is 2. The van der Waals surface area contributed by atoms with Gasteiger partial charge in [0.05, 0.1) is 24.2 Å². The number of likely N-dealkylation sites (N-methyl/N-ethyl adjacent to an activating group) is 1. The predicted octanol–water partition coefficient (Wildman–Crippen LogP) is 15.6. The molecule has 0 saturated carbocycles. The number of carbonyl (C=O) groups is 2. The molecular formula is C64H105N9O5S5. The average molecular weight is 1240 g/mol. The average Bonchev–Trinajstić information content (AvgIpc) is 4.36. The first-order valence-corrected chi connectivity index (χ1v) is 35.7. The summed E-state index contributed by atoms with van der Waals surface area (Å²) in [6.07, 6.45) is 28.0. The van der Waals surface area contributed by atoms with E-state index in [1.54, 1.807) is 8.61 Å². The van der Waals surface area contributed by atoms with Crippen LogP contribution in [0.5, 0.6) is 5.75 Å². The maximum Gasteiger partial charge on any atom is 0.332 e. The maximum atomic E-state index is 13.5. The first-order valence-electron chi connectivity index (χ1n) is 31.5. The van der Waals surface area contributed by atoms with Crippen molar-refractivity contribution in [3.63, 3.8) is 0 Å². The molecule has 2 saturated heterocycles. The highest BCUT2D eigenvalue weighted by Gasteiger charge is 2.27. The van der Waals surface area contributed by atoms with Gasteiger partial charge in [0.25, 0.3) is 0 Å². The van der Waals surface area contributed by atoms with Crippen molar-refractivity contribution in [1.29, 1.82) is 0 Å². The van der Waals surface area contributed by atoms with Gasteiger partial charge in [0.2, 0.25) is 10.0 Å². The number of carbonyl (C=O) groups excluding carboxylic acids is 2. The molecule has 2 aliphatic rings. The Morgan fingerprint density at radius 1 is 0.542 bits per heavy atom. The lowest BCUT2D eigenvalue weighted by molar-refractivity contribution is 0.247. The first-order chi connectivity index (χ1) is 40.0. The third kappa shape index (κ3) is 27.1. The molecule has 83 heavy (non-hydrogen) atoms. The van der Waals surface area contributed by atoms with E-state index in [2.05, 4.69) is 93.8 Å². The number of anilines is 4. The van der Waals surface area contributed by atoms with Gasteiger partial charge in [-0.15, -0.1) is 0 Å². The van der Waals surface area contributed by atoms with Gasteiger partial charge in [0, 0.05) is 107 Å². The van der Waals surface area contributed by atoms with E-state index < -0.39 is 10.0 Å². The SMILES string of the molecule is CCCCCCCCCCCCCCCCCCNC(=O)N(SC(=S)N1CCCC1)c1ccc(N(CC)CC)cc1C.CCN(CCNS(C)(=O)=O)c1ccc(N(SC(=S)N2CCCC2)C(=O)NCCCOc2ccc(C)cc2C)c(C)c1. The van der Waals surface area contributed by atoms with Crippen molar-refractivity contribution in [2.24, 2.45) is 0 Å². The summed E-state index contributed by atoms with van der Waals surface area (Å²) in [6, 6.07) is 18.1. The van der Waals surface area contributed by atoms with E-state index in [4.69, 9.17) is 29.2 Å². The van der Waals surface area contributed by atoms with Crippen molar-refractivity contribution in [3.05, 3.63) is 76.9 Å². The molecule has 0 spiro atoms. The van der Waals surface area contributed by atoms with E-state index in [0.29, 0.717) is 50.1 Å². The molecule has 14 nitrogen and oxygen atoms in total. The number of thiocarbonyl (C=S) groups is 2. The molecule has 2 heterocycles. The Kier molecular flexibility index (Phi) is 34.8. The third-order valence-corrected chi connectivity index (χ3v) is 19.0. The second-order valence-corrected chi connectivity index (χ2v) is 27.3. The predicted molar refractivity (Wildman–Crippen MR) is 366 cm³/mol. The highest BCUT2D eigenvalue weighted by Crippen LogP contribution is 2.34. The summed E-state index contributed by atoms with van der Waals surface area (Å²) < 4.78 is 36.3. The molecule has 466 valence electrons. The van der Waals surface area contributed by atoms with Crippen molar-refractivity contribution in [1.82, 2.24) is 25.2 Å². The highest BCUT2D eigenvalue weighted by atomic mass is 32.2. The summed E-state index contributed by atoms with van der Waals surface area (Å²) in [4.78, 5) is 35.7.